The minimum atomic E-state index is -0.236. The largest absolute Gasteiger partial charge is 0.331 e. The highest BCUT2D eigenvalue weighted by Crippen LogP contribution is 2.26. The minimum Gasteiger partial charge on any atom is -0.331 e. The zero-order valence-corrected chi connectivity index (χ0v) is 18.0. The van der Waals surface area contributed by atoms with E-state index in [1.165, 1.54) is 0 Å². The van der Waals surface area contributed by atoms with E-state index in [0.29, 0.717) is 5.82 Å². The lowest BCUT2D eigenvalue weighted by atomic mass is 9.92. The molecule has 1 aromatic carbocycles. The third-order valence-electron chi connectivity index (χ3n) is 4.46. The Labute approximate surface area is 167 Å². The molecule has 0 saturated carbocycles. The van der Waals surface area contributed by atoms with Crippen LogP contribution in [0.2, 0.25) is 0 Å². The third kappa shape index (κ3) is 5.21. The molecule has 0 bridgehead atoms. The van der Waals surface area contributed by atoms with Crippen molar-refractivity contribution in [3.63, 3.8) is 0 Å². The molecule has 2 amide bonds. The normalized spacial score (nSPS) is 11.8. The molecule has 1 N–H and O–H groups in total. The molecule has 152 valence electrons. The van der Waals surface area contributed by atoms with Crippen molar-refractivity contribution in [3.05, 3.63) is 42.1 Å². The molecule has 1 heterocycles. The highest BCUT2D eigenvalue weighted by molar-refractivity contribution is 5.94. The van der Waals surface area contributed by atoms with Crippen LogP contribution >= 0.6 is 0 Å². The number of carbonyl (C=O) groups excluding carboxylic acids is 2. The van der Waals surface area contributed by atoms with Crippen LogP contribution in [-0.2, 0) is 15.0 Å². The molecule has 0 fully saturated rings. The summed E-state index contributed by atoms with van der Waals surface area (Å²) in [6.45, 7) is 13.8. The molecule has 6 heteroatoms. The first kappa shape index (κ1) is 21.7. The number of hydrogen-bond donors (Lipinski definition) is 1. The van der Waals surface area contributed by atoms with Gasteiger partial charge in [-0.25, -0.2) is 4.68 Å². The summed E-state index contributed by atoms with van der Waals surface area (Å²) in [4.78, 5) is 26.8. The Morgan fingerprint density at radius 3 is 2.21 bits per heavy atom. The molecule has 28 heavy (non-hydrogen) atoms. The SMILES string of the molecule is CC(C)C(=O)N(CC(=O)Nc1cc(C(C)(C)C)nn1-c1ccccc1)C(C)C. The van der Waals surface area contributed by atoms with E-state index >= 15 is 0 Å². The van der Waals surface area contributed by atoms with Crippen molar-refractivity contribution in [2.75, 3.05) is 11.9 Å². The van der Waals surface area contributed by atoms with Gasteiger partial charge in [-0.05, 0) is 26.0 Å². The van der Waals surface area contributed by atoms with Crippen LogP contribution in [0.5, 0.6) is 0 Å². The molecular weight excluding hydrogens is 352 g/mol. The number of benzene rings is 1. The predicted octanol–water partition coefficient (Wildman–Crippen LogP) is 4.00. The second-order valence-electron chi connectivity index (χ2n) is 8.67. The first-order valence-corrected chi connectivity index (χ1v) is 9.77. The van der Waals surface area contributed by atoms with Crippen LogP contribution in [0.3, 0.4) is 0 Å². The van der Waals surface area contributed by atoms with Gasteiger partial charge in [0, 0.05) is 23.4 Å². The topological polar surface area (TPSA) is 67.2 Å². The van der Waals surface area contributed by atoms with Crippen molar-refractivity contribution in [2.45, 2.75) is 59.9 Å². The number of para-hydroxylation sites is 1. The number of anilines is 1. The number of nitrogens with zero attached hydrogens (tertiary/aromatic N) is 3. The lowest BCUT2D eigenvalue weighted by Gasteiger charge is -2.27. The highest BCUT2D eigenvalue weighted by atomic mass is 16.2. The predicted molar refractivity (Wildman–Crippen MR) is 113 cm³/mol. The molecule has 2 rings (SSSR count). The number of hydrogen-bond acceptors (Lipinski definition) is 3. The summed E-state index contributed by atoms with van der Waals surface area (Å²) in [6.07, 6.45) is 0. The van der Waals surface area contributed by atoms with Gasteiger partial charge in [0.25, 0.3) is 0 Å². The zero-order valence-electron chi connectivity index (χ0n) is 18.0. The summed E-state index contributed by atoms with van der Waals surface area (Å²) in [5.74, 6) is 0.178. The fraction of sp³-hybridized carbons (Fsp3) is 0.500. The molecule has 0 radical (unpaired) electrons. The molecule has 0 aliphatic rings. The Kier molecular flexibility index (Phi) is 6.65. The number of amides is 2. The van der Waals surface area contributed by atoms with E-state index in [1.54, 1.807) is 9.58 Å². The van der Waals surface area contributed by atoms with Gasteiger partial charge in [-0.2, -0.15) is 5.10 Å². The lowest BCUT2D eigenvalue weighted by molar-refractivity contribution is -0.139. The quantitative estimate of drug-likeness (QED) is 0.818. The van der Waals surface area contributed by atoms with Gasteiger partial charge >= 0.3 is 0 Å². The molecule has 0 aliphatic heterocycles. The van der Waals surface area contributed by atoms with Gasteiger partial charge in [0.05, 0.1) is 11.4 Å². The van der Waals surface area contributed by atoms with Crippen molar-refractivity contribution in [3.8, 4) is 5.69 Å². The van der Waals surface area contributed by atoms with Crippen molar-refractivity contribution >= 4 is 17.6 Å². The molecular formula is C22H32N4O2. The maximum absolute atomic E-state index is 12.8. The zero-order chi connectivity index (χ0) is 21.1. The van der Waals surface area contributed by atoms with Crippen molar-refractivity contribution in [2.24, 2.45) is 5.92 Å². The van der Waals surface area contributed by atoms with Crippen molar-refractivity contribution in [1.29, 1.82) is 0 Å². The van der Waals surface area contributed by atoms with Crippen LogP contribution in [0.4, 0.5) is 5.82 Å². The summed E-state index contributed by atoms with van der Waals surface area (Å²) >= 11 is 0. The maximum Gasteiger partial charge on any atom is 0.245 e. The number of carbonyl (C=O) groups is 2. The standard InChI is InChI=1S/C22H32N4O2/c1-15(2)21(28)25(16(3)4)14-20(27)23-19-13-18(22(5,6)7)24-26(19)17-11-9-8-10-12-17/h8-13,15-16H,14H2,1-7H3,(H,23,27). The Morgan fingerprint density at radius 1 is 1.11 bits per heavy atom. The second-order valence-corrected chi connectivity index (χ2v) is 8.67. The third-order valence-corrected chi connectivity index (χ3v) is 4.46. The summed E-state index contributed by atoms with van der Waals surface area (Å²) < 4.78 is 1.74. The van der Waals surface area contributed by atoms with Crippen LogP contribution in [0, 0.1) is 5.92 Å². The lowest BCUT2D eigenvalue weighted by Crippen LogP contribution is -2.44. The average molecular weight is 385 g/mol. The van der Waals surface area contributed by atoms with E-state index in [0.717, 1.165) is 11.4 Å². The Bertz CT molecular complexity index is 817. The van der Waals surface area contributed by atoms with Gasteiger partial charge in [-0.15, -0.1) is 0 Å². The van der Waals surface area contributed by atoms with E-state index in [9.17, 15) is 9.59 Å². The molecule has 0 saturated heterocycles. The van der Waals surface area contributed by atoms with Crippen LogP contribution in [-0.4, -0.2) is 39.1 Å². The molecule has 2 aromatic rings. The first-order chi connectivity index (χ1) is 13.0. The second kappa shape index (κ2) is 8.59. The van der Waals surface area contributed by atoms with Crippen LogP contribution in [0.15, 0.2) is 36.4 Å². The molecule has 6 nitrogen and oxygen atoms in total. The number of aromatic nitrogens is 2. The molecule has 0 unspecified atom stereocenters. The fourth-order valence-corrected chi connectivity index (χ4v) is 2.79. The van der Waals surface area contributed by atoms with Gasteiger partial charge < -0.3 is 10.2 Å². The van der Waals surface area contributed by atoms with E-state index in [1.807, 2.05) is 64.1 Å². The van der Waals surface area contributed by atoms with Gasteiger partial charge in [-0.1, -0.05) is 52.8 Å². The fourth-order valence-electron chi connectivity index (χ4n) is 2.79. The molecule has 0 atom stereocenters. The van der Waals surface area contributed by atoms with Gasteiger partial charge in [0.15, 0.2) is 0 Å². The minimum absolute atomic E-state index is 0.0134. The summed E-state index contributed by atoms with van der Waals surface area (Å²) in [5, 5.41) is 7.65. The number of rotatable bonds is 6. The summed E-state index contributed by atoms with van der Waals surface area (Å²) in [6, 6.07) is 11.5. The average Bonchev–Trinajstić information content (AvgIpc) is 3.03. The summed E-state index contributed by atoms with van der Waals surface area (Å²) in [7, 11) is 0. The Morgan fingerprint density at radius 2 is 1.71 bits per heavy atom. The van der Waals surface area contributed by atoms with Crippen molar-refractivity contribution < 1.29 is 9.59 Å². The van der Waals surface area contributed by atoms with Crippen molar-refractivity contribution in [1.82, 2.24) is 14.7 Å². The van der Waals surface area contributed by atoms with E-state index in [-0.39, 0.29) is 35.7 Å². The van der Waals surface area contributed by atoms with Gasteiger partial charge in [-0.3, -0.25) is 9.59 Å². The van der Waals surface area contributed by atoms with Gasteiger partial charge in [0.2, 0.25) is 11.8 Å². The monoisotopic (exact) mass is 384 g/mol. The number of nitrogens with one attached hydrogen (secondary N) is 1. The first-order valence-electron chi connectivity index (χ1n) is 9.77. The highest BCUT2D eigenvalue weighted by Gasteiger charge is 2.25. The molecule has 0 spiro atoms. The van der Waals surface area contributed by atoms with Crippen LogP contribution < -0.4 is 5.32 Å². The molecule has 0 aliphatic carbocycles. The van der Waals surface area contributed by atoms with Crippen LogP contribution in [0.1, 0.15) is 54.2 Å². The van der Waals surface area contributed by atoms with E-state index < -0.39 is 0 Å². The van der Waals surface area contributed by atoms with E-state index in [4.69, 9.17) is 5.10 Å². The van der Waals surface area contributed by atoms with Crippen LogP contribution in [0.25, 0.3) is 5.69 Å². The van der Waals surface area contributed by atoms with E-state index in [2.05, 4.69) is 26.1 Å². The maximum atomic E-state index is 12.8. The smallest absolute Gasteiger partial charge is 0.245 e. The Balaban J connectivity index is 2.30. The summed E-state index contributed by atoms with van der Waals surface area (Å²) in [5.41, 5.74) is 1.59. The Hall–Kier alpha value is -2.63. The van der Waals surface area contributed by atoms with Gasteiger partial charge in [0.1, 0.15) is 12.4 Å². The molecule has 1 aromatic heterocycles.